The fraction of sp³-hybridized carbons (Fsp3) is 0.235. The Bertz CT molecular complexity index is 755. The van der Waals surface area contributed by atoms with Crippen LogP contribution < -0.4 is 20.1 Å². The smallest absolute Gasteiger partial charge is 0.319 e. The largest absolute Gasteiger partial charge is 0.497 e. The molecule has 0 spiro atoms. The molecule has 134 valence electrons. The zero-order valence-corrected chi connectivity index (χ0v) is 13.7. The Morgan fingerprint density at radius 3 is 2.56 bits per heavy atom. The van der Waals surface area contributed by atoms with Gasteiger partial charge in [0.1, 0.15) is 23.1 Å². The minimum atomic E-state index is -1.32. The van der Waals surface area contributed by atoms with Crippen molar-refractivity contribution in [2.45, 2.75) is 6.10 Å². The number of methoxy groups -OCH3 is 2. The molecule has 0 radical (unpaired) electrons. The average molecular weight is 352 g/mol. The summed E-state index contributed by atoms with van der Waals surface area (Å²) in [5.41, 5.74) is 0.284. The molecule has 0 aliphatic rings. The van der Waals surface area contributed by atoms with E-state index in [0.29, 0.717) is 23.3 Å². The summed E-state index contributed by atoms with van der Waals surface area (Å²) in [4.78, 5) is 11.9. The van der Waals surface area contributed by atoms with Crippen LogP contribution >= 0.6 is 0 Å². The van der Waals surface area contributed by atoms with Gasteiger partial charge in [0.15, 0.2) is 0 Å². The van der Waals surface area contributed by atoms with Crippen LogP contribution in [0.25, 0.3) is 0 Å². The van der Waals surface area contributed by atoms with E-state index in [4.69, 9.17) is 9.47 Å². The Morgan fingerprint density at radius 1 is 1.16 bits per heavy atom. The van der Waals surface area contributed by atoms with Crippen molar-refractivity contribution >= 4 is 11.7 Å². The fourth-order valence-corrected chi connectivity index (χ4v) is 2.14. The van der Waals surface area contributed by atoms with Crippen molar-refractivity contribution in [2.75, 3.05) is 26.1 Å². The van der Waals surface area contributed by atoms with Crippen molar-refractivity contribution in [2.24, 2.45) is 0 Å². The normalized spacial score (nSPS) is 11.6. The van der Waals surface area contributed by atoms with Gasteiger partial charge in [-0.2, -0.15) is 0 Å². The van der Waals surface area contributed by atoms with E-state index in [-0.39, 0.29) is 12.1 Å². The summed E-state index contributed by atoms with van der Waals surface area (Å²) in [5.74, 6) is -0.679. The van der Waals surface area contributed by atoms with Gasteiger partial charge < -0.3 is 25.2 Å². The van der Waals surface area contributed by atoms with Crippen molar-refractivity contribution in [3.05, 3.63) is 53.6 Å². The second-order valence-corrected chi connectivity index (χ2v) is 5.08. The van der Waals surface area contributed by atoms with E-state index in [9.17, 15) is 18.7 Å². The number of anilines is 1. The zero-order valence-electron chi connectivity index (χ0n) is 13.7. The summed E-state index contributed by atoms with van der Waals surface area (Å²) in [7, 11) is 2.95. The maximum Gasteiger partial charge on any atom is 0.319 e. The molecular formula is C17H18F2N2O4. The lowest BCUT2D eigenvalue weighted by atomic mass is 10.1. The molecule has 2 aromatic carbocycles. The molecule has 0 heterocycles. The molecule has 25 heavy (non-hydrogen) atoms. The molecule has 0 aliphatic carbocycles. The average Bonchev–Trinajstić information content (AvgIpc) is 2.60. The molecule has 2 rings (SSSR count). The van der Waals surface area contributed by atoms with Crippen molar-refractivity contribution in [3.63, 3.8) is 0 Å². The van der Waals surface area contributed by atoms with Crippen molar-refractivity contribution < 1.29 is 28.2 Å². The van der Waals surface area contributed by atoms with Gasteiger partial charge in [-0.3, -0.25) is 0 Å². The third kappa shape index (κ3) is 4.80. The molecule has 1 atom stereocenters. The van der Waals surface area contributed by atoms with Gasteiger partial charge in [-0.05, 0) is 18.2 Å². The molecule has 2 aromatic rings. The highest BCUT2D eigenvalue weighted by atomic mass is 19.1. The van der Waals surface area contributed by atoms with Gasteiger partial charge in [0.05, 0.1) is 26.0 Å². The lowest BCUT2D eigenvalue weighted by Gasteiger charge is -2.15. The topological polar surface area (TPSA) is 79.8 Å². The van der Waals surface area contributed by atoms with Crippen LogP contribution in [0.3, 0.4) is 0 Å². The van der Waals surface area contributed by atoms with Gasteiger partial charge in [-0.25, -0.2) is 13.6 Å². The Kier molecular flexibility index (Phi) is 6.13. The van der Waals surface area contributed by atoms with E-state index in [1.165, 1.54) is 14.2 Å². The number of hydrogen-bond acceptors (Lipinski definition) is 4. The number of carbonyl (C=O) groups is 1. The van der Waals surface area contributed by atoms with Gasteiger partial charge >= 0.3 is 6.03 Å². The molecule has 0 aromatic heterocycles. The number of amides is 2. The second-order valence-electron chi connectivity index (χ2n) is 5.08. The summed E-state index contributed by atoms with van der Waals surface area (Å²) in [6, 6.07) is 7.03. The van der Waals surface area contributed by atoms with Crippen LogP contribution in [0.4, 0.5) is 19.3 Å². The highest BCUT2D eigenvalue weighted by Gasteiger charge is 2.15. The molecular weight excluding hydrogens is 334 g/mol. The predicted molar refractivity (Wildman–Crippen MR) is 87.9 cm³/mol. The zero-order chi connectivity index (χ0) is 18.4. The number of ether oxygens (including phenoxy) is 2. The maximum absolute atomic E-state index is 13.6. The van der Waals surface area contributed by atoms with Gasteiger partial charge in [0.25, 0.3) is 0 Å². The Morgan fingerprint density at radius 2 is 1.92 bits per heavy atom. The first-order valence-electron chi connectivity index (χ1n) is 7.34. The van der Waals surface area contributed by atoms with Crippen LogP contribution in [0.15, 0.2) is 36.4 Å². The first-order chi connectivity index (χ1) is 11.9. The number of aliphatic hydroxyl groups is 1. The SMILES string of the molecule is COc1ccc(NC(=O)NC[C@@H](O)c2ccc(F)cc2F)c(OC)c1. The van der Waals surface area contributed by atoms with Crippen LogP contribution in [0.1, 0.15) is 11.7 Å². The highest BCUT2D eigenvalue weighted by molar-refractivity contribution is 5.91. The number of urea groups is 1. The summed E-state index contributed by atoms with van der Waals surface area (Å²) >= 11 is 0. The molecule has 0 saturated heterocycles. The van der Waals surface area contributed by atoms with Gasteiger partial charge in [0.2, 0.25) is 0 Å². The summed E-state index contributed by atoms with van der Waals surface area (Å²) in [6.45, 7) is -0.257. The van der Waals surface area contributed by atoms with Crippen LogP contribution in [0.5, 0.6) is 11.5 Å². The van der Waals surface area contributed by atoms with Crippen LogP contribution in [0, 0.1) is 11.6 Å². The van der Waals surface area contributed by atoms with Crippen LogP contribution in [-0.2, 0) is 0 Å². The van der Waals surface area contributed by atoms with Crippen molar-refractivity contribution in [1.82, 2.24) is 5.32 Å². The predicted octanol–water partition coefficient (Wildman–Crippen LogP) is 2.84. The number of rotatable bonds is 6. The molecule has 8 heteroatoms. The quantitative estimate of drug-likeness (QED) is 0.747. The molecule has 0 unspecified atom stereocenters. The summed E-state index contributed by atoms with van der Waals surface area (Å²) in [5, 5.41) is 14.9. The van der Waals surface area contributed by atoms with Crippen molar-refractivity contribution in [3.8, 4) is 11.5 Å². The molecule has 3 N–H and O–H groups in total. The standard InChI is InChI=1S/C17H18F2N2O4/c1-24-11-4-6-14(16(8-11)25-2)21-17(23)20-9-15(22)12-5-3-10(18)7-13(12)19/h3-8,15,22H,9H2,1-2H3,(H2,20,21,23)/t15-/m1/s1. The Balaban J connectivity index is 1.96. The monoisotopic (exact) mass is 352 g/mol. The Labute approximate surface area is 143 Å². The molecule has 0 saturated carbocycles. The van der Waals surface area contributed by atoms with E-state index in [1.807, 2.05) is 0 Å². The first-order valence-corrected chi connectivity index (χ1v) is 7.34. The lowest BCUT2D eigenvalue weighted by molar-refractivity contribution is 0.170. The van der Waals surface area contributed by atoms with E-state index in [2.05, 4.69) is 10.6 Å². The molecule has 0 fully saturated rings. The van der Waals surface area contributed by atoms with Crippen LogP contribution in [0.2, 0.25) is 0 Å². The summed E-state index contributed by atoms with van der Waals surface area (Å²) in [6.07, 6.45) is -1.32. The Hall–Kier alpha value is -2.87. The number of hydrogen-bond donors (Lipinski definition) is 3. The van der Waals surface area contributed by atoms with E-state index in [0.717, 1.165) is 12.1 Å². The lowest BCUT2D eigenvalue weighted by Crippen LogP contribution is -2.32. The minimum absolute atomic E-state index is 0.108. The van der Waals surface area contributed by atoms with E-state index >= 15 is 0 Å². The van der Waals surface area contributed by atoms with E-state index in [1.54, 1.807) is 18.2 Å². The fourth-order valence-electron chi connectivity index (χ4n) is 2.14. The third-order valence-corrected chi connectivity index (χ3v) is 3.43. The number of aliphatic hydroxyl groups excluding tert-OH is 1. The third-order valence-electron chi connectivity index (χ3n) is 3.43. The second kappa shape index (κ2) is 8.29. The number of halogens is 2. The van der Waals surface area contributed by atoms with Crippen LogP contribution in [-0.4, -0.2) is 31.9 Å². The van der Waals surface area contributed by atoms with Crippen molar-refractivity contribution in [1.29, 1.82) is 0 Å². The number of carbonyl (C=O) groups excluding carboxylic acids is 1. The summed E-state index contributed by atoms with van der Waals surface area (Å²) < 4.78 is 36.7. The van der Waals surface area contributed by atoms with E-state index < -0.39 is 23.8 Å². The molecule has 0 aliphatic heterocycles. The van der Waals surface area contributed by atoms with Gasteiger partial charge in [-0.15, -0.1) is 0 Å². The first kappa shape index (κ1) is 18.5. The van der Waals surface area contributed by atoms with Gasteiger partial charge in [-0.1, -0.05) is 6.07 Å². The maximum atomic E-state index is 13.6. The molecule has 0 bridgehead atoms. The highest BCUT2D eigenvalue weighted by Crippen LogP contribution is 2.28. The number of benzene rings is 2. The van der Waals surface area contributed by atoms with Gasteiger partial charge in [0, 0.05) is 24.2 Å². The minimum Gasteiger partial charge on any atom is -0.497 e. The molecule has 2 amide bonds. The molecule has 6 nitrogen and oxygen atoms in total. The number of nitrogens with one attached hydrogen (secondary N) is 2.